The lowest BCUT2D eigenvalue weighted by atomic mass is 10.1. The van der Waals surface area contributed by atoms with E-state index in [1.807, 2.05) is 18.2 Å². The van der Waals surface area contributed by atoms with Crippen molar-refractivity contribution in [2.24, 2.45) is 5.73 Å². The zero-order valence-electron chi connectivity index (χ0n) is 11.0. The summed E-state index contributed by atoms with van der Waals surface area (Å²) < 4.78 is 0. The van der Waals surface area contributed by atoms with E-state index in [2.05, 4.69) is 16.7 Å². The second kappa shape index (κ2) is 7.40. The summed E-state index contributed by atoms with van der Waals surface area (Å²) in [6, 6.07) is 8.62. The smallest absolute Gasteiger partial charge is 0.227 e. The molecule has 1 fully saturated rings. The molecule has 1 aromatic rings. The van der Waals surface area contributed by atoms with Gasteiger partial charge in [-0.2, -0.15) is 0 Å². The number of carbonyl (C=O) groups is 1. The SMILES string of the molecule is NC(=O)CSc1ccccc1NC1CCCNCC1. The summed E-state index contributed by atoms with van der Waals surface area (Å²) in [5.41, 5.74) is 6.32. The van der Waals surface area contributed by atoms with E-state index in [-0.39, 0.29) is 5.91 Å². The van der Waals surface area contributed by atoms with E-state index in [1.54, 1.807) is 0 Å². The molecule has 1 atom stereocenters. The highest BCUT2D eigenvalue weighted by Crippen LogP contribution is 2.28. The Morgan fingerprint density at radius 3 is 3.05 bits per heavy atom. The number of hydrogen-bond donors (Lipinski definition) is 3. The number of thioether (sulfide) groups is 1. The summed E-state index contributed by atoms with van der Waals surface area (Å²) in [5.74, 6) is 0.0451. The van der Waals surface area contributed by atoms with Crippen LogP contribution in [0.1, 0.15) is 19.3 Å². The lowest BCUT2D eigenvalue weighted by Crippen LogP contribution is -2.22. The van der Waals surface area contributed by atoms with E-state index in [0.717, 1.165) is 30.1 Å². The molecule has 4 N–H and O–H groups in total. The maximum atomic E-state index is 10.9. The van der Waals surface area contributed by atoms with Gasteiger partial charge in [0.2, 0.25) is 5.91 Å². The highest BCUT2D eigenvalue weighted by molar-refractivity contribution is 8.00. The van der Waals surface area contributed by atoms with E-state index < -0.39 is 0 Å². The molecule has 0 aromatic heterocycles. The highest BCUT2D eigenvalue weighted by atomic mass is 32.2. The first-order chi connectivity index (χ1) is 9.25. The van der Waals surface area contributed by atoms with Crippen molar-refractivity contribution in [3.63, 3.8) is 0 Å². The second-order valence-electron chi connectivity index (χ2n) is 4.77. The van der Waals surface area contributed by atoms with Crippen molar-refractivity contribution in [2.45, 2.75) is 30.2 Å². The van der Waals surface area contributed by atoms with Gasteiger partial charge in [0.15, 0.2) is 0 Å². The van der Waals surface area contributed by atoms with Gasteiger partial charge in [0.25, 0.3) is 0 Å². The van der Waals surface area contributed by atoms with E-state index in [1.165, 1.54) is 24.6 Å². The molecule has 1 heterocycles. The van der Waals surface area contributed by atoms with Crippen molar-refractivity contribution in [3.05, 3.63) is 24.3 Å². The maximum Gasteiger partial charge on any atom is 0.227 e. The fourth-order valence-corrected chi connectivity index (χ4v) is 3.00. The lowest BCUT2D eigenvalue weighted by molar-refractivity contribution is -0.115. The van der Waals surface area contributed by atoms with Gasteiger partial charge in [-0.1, -0.05) is 12.1 Å². The van der Waals surface area contributed by atoms with Gasteiger partial charge >= 0.3 is 0 Å². The van der Waals surface area contributed by atoms with Crippen LogP contribution in [0.25, 0.3) is 0 Å². The highest BCUT2D eigenvalue weighted by Gasteiger charge is 2.13. The Hall–Kier alpha value is -1.20. The zero-order valence-corrected chi connectivity index (χ0v) is 11.8. The quantitative estimate of drug-likeness (QED) is 0.719. The van der Waals surface area contributed by atoms with Crippen molar-refractivity contribution in [1.82, 2.24) is 5.32 Å². The van der Waals surface area contributed by atoms with Crippen molar-refractivity contribution in [1.29, 1.82) is 0 Å². The van der Waals surface area contributed by atoms with Crippen LogP contribution in [-0.2, 0) is 4.79 Å². The molecule has 1 aliphatic heterocycles. The molecule has 1 unspecified atom stereocenters. The van der Waals surface area contributed by atoms with Crippen LogP contribution in [-0.4, -0.2) is 30.8 Å². The average Bonchev–Trinajstić information content (AvgIpc) is 2.66. The fourth-order valence-electron chi connectivity index (χ4n) is 2.24. The van der Waals surface area contributed by atoms with Gasteiger partial charge in [-0.25, -0.2) is 0 Å². The van der Waals surface area contributed by atoms with Crippen LogP contribution in [0.5, 0.6) is 0 Å². The number of rotatable bonds is 5. The Morgan fingerprint density at radius 1 is 1.37 bits per heavy atom. The van der Waals surface area contributed by atoms with Gasteiger partial charge in [-0.05, 0) is 44.5 Å². The predicted molar refractivity (Wildman–Crippen MR) is 80.5 cm³/mol. The lowest BCUT2D eigenvalue weighted by Gasteiger charge is -2.19. The Kier molecular flexibility index (Phi) is 5.54. The summed E-state index contributed by atoms with van der Waals surface area (Å²) in [4.78, 5) is 12.0. The van der Waals surface area contributed by atoms with Gasteiger partial charge in [-0.15, -0.1) is 11.8 Å². The Labute approximate surface area is 118 Å². The number of anilines is 1. The molecule has 0 aliphatic carbocycles. The molecule has 1 aliphatic rings. The van der Waals surface area contributed by atoms with Gasteiger partial charge in [0.05, 0.1) is 5.75 Å². The van der Waals surface area contributed by atoms with E-state index in [9.17, 15) is 4.79 Å². The largest absolute Gasteiger partial charge is 0.381 e. The molecule has 2 rings (SSSR count). The molecule has 104 valence electrons. The molecule has 0 spiro atoms. The van der Waals surface area contributed by atoms with Crippen LogP contribution in [0.4, 0.5) is 5.69 Å². The van der Waals surface area contributed by atoms with Crippen LogP contribution in [0.3, 0.4) is 0 Å². The Balaban J connectivity index is 1.99. The number of nitrogens with two attached hydrogens (primary N) is 1. The van der Waals surface area contributed by atoms with Gasteiger partial charge in [0, 0.05) is 16.6 Å². The topological polar surface area (TPSA) is 67.2 Å². The van der Waals surface area contributed by atoms with Crippen molar-refractivity contribution < 1.29 is 4.79 Å². The maximum absolute atomic E-state index is 10.9. The normalized spacial score (nSPS) is 19.7. The molecule has 5 heteroatoms. The number of amides is 1. The minimum Gasteiger partial charge on any atom is -0.381 e. The number of carbonyl (C=O) groups excluding carboxylic acids is 1. The summed E-state index contributed by atoms with van der Waals surface area (Å²) in [6.45, 7) is 2.17. The summed E-state index contributed by atoms with van der Waals surface area (Å²) in [6.07, 6.45) is 3.52. The number of benzene rings is 1. The Morgan fingerprint density at radius 2 is 2.21 bits per heavy atom. The third-order valence-corrected chi connectivity index (χ3v) is 4.29. The molecule has 19 heavy (non-hydrogen) atoms. The fraction of sp³-hybridized carbons (Fsp3) is 0.500. The van der Waals surface area contributed by atoms with Crippen LogP contribution in [0.2, 0.25) is 0 Å². The van der Waals surface area contributed by atoms with Crippen LogP contribution >= 0.6 is 11.8 Å². The first kappa shape index (κ1) is 14.2. The monoisotopic (exact) mass is 279 g/mol. The molecule has 0 bridgehead atoms. The first-order valence-electron chi connectivity index (χ1n) is 6.73. The molecular weight excluding hydrogens is 258 g/mol. The molecule has 1 saturated heterocycles. The van der Waals surface area contributed by atoms with Gasteiger partial charge in [-0.3, -0.25) is 4.79 Å². The number of primary amides is 1. The molecule has 1 aromatic carbocycles. The van der Waals surface area contributed by atoms with E-state index in [0.29, 0.717) is 11.8 Å². The first-order valence-corrected chi connectivity index (χ1v) is 7.71. The average molecular weight is 279 g/mol. The summed E-state index contributed by atoms with van der Waals surface area (Å²) >= 11 is 1.50. The van der Waals surface area contributed by atoms with Crippen LogP contribution in [0.15, 0.2) is 29.2 Å². The minimum atomic E-state index is -0.279. The molecule has 1 amide bonds. The van der Waals surface area contributed by atoms with Crippen molar-refractivity contribution in [2.75, 3.05) is 24.2 Å². The third-order valence-electron chi connectivity index (χ3n) is 3.19. The van der Waals surface area contributed by atoms with Crippen molar-refractivity contribution >= 4 is 23.4 Å². The molecule has 0 radical (unpaired) electrons. The molecule has 0 saturated carbocycles. The van der Waals surface area contributed by atoms with Gasteiger partial charge < -0.3 is 16.4 Å². The number of hydrogen-bond acceptors (Lipinski definition) is 4. The van der Waals surface area contributed by atoms with Crippen LogP contribution in [0, 0.1) is 0 Å². The third kappa shape index (κ3) is 4.76. The van der Waals surface area contributed by atoms with Crippen LogP contribution < -0.4 is 16.4 Å². The Bertz CT molecular complexity index is 417. The van der Waals surface area contributed by atoms with E-state index in [4.69, 9.17) is 5.73 Å². The van der Waals surface area contributed by atoms with E-state index >= 15 is 0 Å². The number of nitrogens with one attached hydrogen (secondary N) is 2. The molecule has 4 nitrogen and oxygen atoms in total. The van der Waals surface area contributed by atoms with Gasteiger partial charge in [0.1, 0.15) is 0 Å². The number of para-hydroxylation sites is 1. The summed E-state index contributed by atoms with van der Waals surface area (Å²) in [5, 5.41) is 7.01. The predicted octanol–water partition coefficient (Wildman–Crippen LogP) is 1.82. The minimum absolute atomic E-state index is 0.279. The molecular formula is C14H21N3OS. The zero-order chi connectivity index (χ0) is 13.5. The second-order valence-corrected chi connectivity index (χ2v) is 5.79. The standard InChI is InChI=1S/C14H21N3OS/c15-14(18)10-19-13-6-2-1-5-12(13)17-11-4-3-8-16-9-7-11/h1-2,5-6,11,16-17H,3-4,7-10H2,(H2,15,18). The summed E-state index contributed by atoms with van der Waals surface area (Å²) in [7, 11) is 0. The van der Waals surface area contributed by atoms with Crippen molar-refractivity contribution in [3.8, 4) is 0 Å².